The van der Waals surface area contributed by atoms with Crippen molar-refractivity contribution in [2.24, 2.45) is 11.7 Å². The Balaban J connectivity index is 2.12. The maximum atomic E-state index is 12.1. The third kappa shape index (κ3) is 3.74. The lowest BCUT2D eigenvalue weighted by molar-refractivity contribution is -0.120. The van der Waals surface area contributed by atoms with Crippen LogP contribution in [0.25, 0.3) is 5.69 Å². The number of aryl methyl sites for hydroxylation is 1. The third-order valence-corrected chi connectivity index (χ3v) is 3.83. The van der Waals surface area contributed by atoms with E-state index in [1.54, 1.807) is 0 Å². The van der Waals surface area contributed by atoms with Crippen LogP contribution in [0.15, 0.2) is 30.3 Å². The zero-order valence-corrected chi connectivity index (χ0v) is 13.5. The van der Waals surface area contributed by atoms with E-state index in [0.29, 0.717) is 19.5 Å². The first-order valence-electron chi connectivity index (χ1n) is 7.60. The van der Waals surface area contributed by atoms with E-state index in [1.165, 1.54) is 0 Å². The molecule has 0 aliphatic heterocycles. The fraction of sp³-hybridized carbons (Fsp3) is 0.412. The van der Waals surface area contributed by atoms with Crippen LogP contribution < -0.4 is 11.1 Å². The first kappa shape index (κ1) is 16.2. The number of hydrogen-bond acceptors (Lipinski definition) is 3. The van der Waals surface area contributed by atoms with E-state index in [2.05, 4.69) is 10.4 Å². The van der Waals surface area contributed by atoms with Crippen molar-refractivity contribution in [3.8, 4) is 5.69 Å². The molecule has 118 valence electrons. The van der Waals surface area contributed by atoms with Crippen LogP contribution in [0, 0.1) is 19.8 Å². The van der Waals surface area contributed by atoms with Gasteiger partial charge in [-0.05, 0) is 38.4 Å². The lowest BCUT2D eigenvalue weighted by Crippen LogP contribution is -2.32. The van der Waals surface area contributed by atoms with Crippen molar-refractivity contribution in [2.75, 3.05) is 13.1 Å². The minimum absolute atomic E-state index is 0.0131. The predicted molar refractivity (Wildman–Crippen MR) is 88.0 cm³/mol. The Hall–Kier alpha value is -2.14. The van der Waals surface area contributed by atoms with Gasteiger partial charge in [0.2, 0.25) is 5.91 Å². The van der Waals surface area contributed by atoms with Gasteiger partial charge in [-0.3, -0.25) is 4.79 Å². The molecule has 1 heterocycles. The van der Waals surface area contributed by atoms with Gasteiger partial charge in [0, 0.05) is 17.8 Å². The second-order valence-electron chi connectivity index (χ2n) is 5.72. The van der Waals surface area contributed by atoms with Crippen molar-refractivity contribution in [3.63, 3.8) is 0 Å². The number of nitrogens with zero attached hydrogens (tertiary/aromatic N) is 2. The van der Waals surface area contributed by atoms with Crippen LogP contribution in [-0.4, -0.2) is 28.8 Å². The van der Waals surface area contributed by atoms with Crippen molar-refractivity contribution >= 4 is 5.91 Å². The summed E-state index contributed by atoms with van der Waals surface area (Å²) in [5.74, 6) is 0.303. The summed E-state index contributed by atoms with van der Waals surface area (Å²) in [5.41, 5.74) is 9.45. The van der Waals surface area contributed by atoms with Crippen LogP contribution >= 0.6 is 0 Å². The molecule has 1 aromatic carbocycles. The number of carbonyl (C=O) groups excluding carboxylic acids is 1. The summed E-state index contributed by atoms with van der Waals surface area (Å²) >= 11 is 0. The Morgan fingerprint density at radius 1 is 1.32 bits per heavy atom. The van der Waals surface area contributed by atoms with Crippen LogP contribution in [0.3, 0.4) is 0 Å². The number of aromatic nitrogens is 2. The zero-order valence-electron chi connectivity index (χ0n) is 13.5. The van der Waals surface area contributed by atoms with Gasteiger partial charge in [-0.2, -0.15) is 5.10 Å². The minimum atomic E-state index is 0.0131. The van der Waals surface area contributed by atoms with Gasteiger partial charge in [-0.15, -0.1) is 0 Å². The molecule has 0 bridgehead atoms. The molecule has 0 aliphatic rings. The molecule has 5 heteroatoms. The normalized spacial score (nSPS) is 12.2. The van der Waals surface area contributed by atoms with E-state index in [9.17, 15) is 4.79 Å². The monoisotopic (exact) mass is 300 g/mol. The fourth-order valence-corrected chi connectivity index (χ4v) is 2.35. The Bertz CT molecular complexity index is 634. The van der Waals surface area contributed by atoms with Crippen LogP contribution in [0.5, 0.6) is 0 Å². The van der Waals surface area contributed by atoms with Gasteiger partial charge in [-0.25, -0.2) is 4.68 Å². The maximum absolute atomic E-state index is 12.1. The molecule has 2 aromatic rings. The number of nitrogens with one attached hydrogen (secondary N) is 1. The average Bonchev–Trinajstić information content (AvgIpc) is 2.81. The molecular formula is C17H24N4O. The molecule has 0 saturated heterocycles. The van der Waals surface area contributed by atoms with Crippen LogP contribution in [0.4, 0.5) is 0 Å². The second-order valence-corrected chi connectivity index (χ2v) is 5.72. The highest BCUT2D eigenvalue weighted by Crippen LogP contribution is 2.18. The van der Waals surface area contributed by atoms with Crippen molar-refractivity contribution in [2.45, 2.75) is 27.2 Å². The summed E-state index contributed by atoms with van der Waals surface area (Å²) in [6, 6.07) is 9.94. The molecule has 0 spiro atoms. The summed E-state index contributed by atoms with van der Waals surface area (Å²) in [5, 5.41) is 7.49. The molecule has 1 amide bonds. The first-order chi connectivity index (χ1) is 10.5. The van der Waals surface area contributed by atoms with E-state index < -0.39 is 0 Å². The van der Waals surface area contributed by atoms with Crippen molar-refractivity contribution in [3.05, 3.63) is 47.3 Å². The molecule has 3 N–H and O–H groups in total. The zero-order chi connectivity index (χ0) is 16.1. The SMILES string of the molecule is Cc1nn(-c2ccccc2)c(C)c1CC(=O)NCC(C)CN. The summed E-state index contributed by atoms with van der Waals surface area (Å²) < 4.78 is 1.89. The summed E-state index contributed by atoms with van der Waals surface area (Å²) in [6.45, 7) is 7.14. The molecule has 1 atom stereocenters. The Morgan fingerprint density at radius 2 is 2.00 bits per heavy atom. The van der Waals surface area contributed by atoms with Gasteiger partial charge in [0.15, 0.2) is 0 Å². The Labute approximate surface area is 131 Å². The predicted octanol–water partition coefficient (Wildman–Crippen LogP) is 1.74. The first-order valence-corrected chi connectivity index (χ1v) is 7.60. The highest BCUT2D eigenvalue weighted by molar-refractivity contribution is 5.79. The maximum Gasteiger partial charge on any atom is 0.224 e. The highest BCUT2D eigenvalue weighted by Gasteiger charge is 2.16. The Kier molecular flexibility index (Phi) is 5.33. The molecule has 0 radical (unpaired) electrons. The molecule has 0 saturated carbocycles. The van der Waals surface area contributed by atoms with E-state index in [-0.39, 0.29) is 11.8 Å². The summed E-state index contributed by atoms with van der Waals surface area (Å²) in [7, 11) is 0. The van der Waals surface area contributed by atoms with Gasteiger partial charge in [0.05, 0.1) is 17.8 Å². The largest absolute Gasteiger partial charge is 0.355 e. The van der Waals surface area contributed by atoms with Gasteiger partial charge in [0.1, 0.15) is 0 Å². The third-order valence-electron chi connectivity index (χ3n) is 3.83. The number of carbonyl (C=O) groups is 1. The average molecular weight is 300 g/mol. The molecule has 22 heavy (non-hydrogen) atoms. The molecule has 0 fully saturated rings. The number of rotatable bonds is 6. The van der Waals surface area contributed by atoms with Crippen molar-refractivity contribution < 1.29 is 4.79 Å². The molecular weight excluding hydrogens is 276 g/mol. The van der Waals surface area contributed by atoms with Gasteiger partial charge < -0.3 is 11.1 Å². The van der Waals surface area contributed by atoms with E-state index >= 15 is 0 Å². The van der Waals surface area contributed by atoms with Gasteiger partial charge in [0.25, 0.3) is 0 Å². The van der Waals surface area contributed by atoms with Crippen molar-refractivity contribution in [1.29, 1.82) is 0 Å². The number of hydrogen-bond donors (Lipinski definition) is 2. The van der Waals surface area contributed by atoms with Crippen LogP contribution in [0.1, 0.15) is 23.9 Å². The lowest BCUT2D eigenvalue weighted by Gasteiger charge is -2.10. The Morgan fingerprint density at radius 3 is 2.64 bits per heavy atom. The molecule has 1 unspecified atom stereocenters. The lowest BCUT2D eigenvalue weighted by atomic mass is 10.1. The fourth-order valence-electron chi connectivity index (χ4n) is 2.35. The van der Waals surface area contributed by atoms with E-state index in [0.717, 1.165) is 22.6 Å². The van der Waals surface area contributed by atoms with E-state index in [1.807, 2.05) is 55.8 Å². The van der Waals surface area contributed by atoms with Crippen LogP contribution in [-0.2, 0) is 11.2 Å². The minimum Gasteiger partial charge on any atom is -0.355 e. The highest BCUT2D eigenvalue weighted by atomic mass is 16.1. The molecule has 0 aliphatic carbocycles. The molecule has 1 aromatic heterocycles. The van der Waals surface area contributed by atoms with Crippen molar-refractivity contribution in [1.82, 2.24) is 15.1 Å². The van der Waals surface area contributed by atoms with E-state index in [4.69, 9.17) is 5.73 Å². The molecule has 2 rings (SSSR count). The smallest absolute Gasteiger partial charge is 0.224 e. The number of nitrogens with two attached hydrogens (primary N) is 1. The van der Waals surface area contributed by atoms with Crippen LogP contribution in [0.2, 0.25) is 0 Å². The quantitative estimate of drug-likeness (QED) is 0.853. The topological polar surface area (TPSA) is 72.9 Å². The van der Waals surface area contributed by atoms with Gasteiger partial charge >= 0.3 is 0 Å². The summed E-state index contributed by atoms with van der Waals surface area (Å²) in [4.78, 5) is 12.1. The number of amides is 1. The standard InChI is InChI=1S/C17H24N4O/c1-12(10-18)11-19-17(22)9-16-13(2)20-21(14(16)3)15-7-5-4-6-8-15/h4-8,12H,9-11,18H2,1-3H3,(H,19,22). The number of benzene rings is 1. The second kappa shape index (κ2) is 7.22. The van der Waals surface area contributed by atoms with Gasteiger partial charge in [-0.1, -0.05) is 25.1 Å². The summed E-state index contributed by atoms with van der Waals surface area (Å²) in [6.07, 6.45) is 0.349. The number of para-hydroxylation sites is 1. The molecule has 5 nitrogen and oxygen atoms in total.